The predicted molar refractivity (Wildman–Crippen MR) is 97.1 cm³/mol. The van der Waals surface area contributed by atoms with Crippen LogP contribution < -0.4 is 10.6 Å². The third-order valence-electron chi connectivity index (χ3n) is 5.50. The maximum atomic E-state index is 13.9. The van der Waals surface area contributed by atoms with Crippen molar-refractivity contribution in [2.45, 2.75) is 19.1 Å². The Balaban J connectivity index is 1.58. The van der Waals surface area contributed by atoms with Crippen LogP contribution in [0, 0.1) is 5.41 Å². The van der Waals surface area contributed by atoms with Crippen LogP contribution in [0.5, 0.6) is 0 Å². The summed E-state index contributed by atoms with van der Waals surface area (Å²) in [5.74, 6) is -0.888. The lowest BCUT2D eigenvalue weighted by Crippen LogP contribution is -2.54. The number of piperazine rings is 1. The Hall–Kier alpha value is -1.64. The summed E-state index contributed by atoms with van der Waals surface area (Å²) in [4.78, 5) is 16.4. The van der Waals surface area contributed by atoms with Crippen molar-refractivity contribution >= 4 is 5.91 Å². The predicted octanol–water partition coefficient (Wildman–Crippen LogP) is 1.46. The van der Waals surface area contributed by atoms with E-state index in [0.717, 1.165) is 31.7 Å². The first-order valence-corrected chi connectivity index (χ1v) is 9.45. The van der Waals surface area contributed by atoms with Gasteiger partial charge in [-0.15, -0.1) is 0 Å². The maximum Gasteiger partial charge on any atom is 0.404 e. The molecule has 0 radical (unpaired) electrons. The zero-order valence-electron chi connectivity index (χ0n) is 15.4. The fourth-order valence-corrected chi connectivity index (χ4v) is 3.84. The Bertz CT molecular complexity index is 619. The van der Waals surface area contributed by atoms with E-state index in [9.17, 15) is 18.0 Å². The van der Waals surface area contributed by atoms with E-state index >= 15 is 0 Å². The molecule has 27 heavy (non-hydrogen) atoms. The number of nitrogens with zero attached hydrogens (tertiary/aromatic N) is 2. The van der Waals surface area contributed by atoms with Gasteiger partial charge in [-0.25, -0.2) is 0 Å². The van der Waals surface area contributed by atoms with Crippen molar-refractivity contribution in [2.75, 3.05) is 52.4 Å². The first kappa shape index (κ1) is 20.1. The second kappa shape index (κ2) is 8.58. The number of carbonyl (C=O) groups is 1. The highest BCUT2D eigenvalue weighted by molar-refractivity contribution is 5.84. The fourth-order valence-electron chi connectivity index (χ4n) is 3.84. The van der Waals surface area contributed by atoms with Crippen LogP contribution in [0.3, 0.4) is 0 Å². The van der Waals surface area contributed by atoms with Gasteiger partial charge in [-0.1, -0.05) is 30.3 Å². The van der Waals surface area contributed by atoms with Crippen LogP contribution in [0.25, 0.3) is 0 Å². The van der Waals surface area contributed by atoms with Crippen LogP contribution in [-0.2, 0) is 11.3 Å². The lowest BCUT2D eigenvalue weighted by molar-refractivity contribution is -0.218. The number of halogens is 3. The molecule has 2 aliphatic rings. The molecule has 0 saturated carbocycles. The number of likely N-dealkylation sites (tertiary alicyclic amines) is 1. The third kappa shape index (κ3) is 4.80. The molecule has 0 bridgehead atoms. The largest absolute Gasteiger partial charge is 0.404 e. The van der Waals surface area contributed by atoms with E-state index in [1.165, 1.54) is 0 Å². The highest BCUT2D eigenvalue weighted by Gasteiger charge is 2.62. The Labute approximate surface area is 157 Å². The first-order valence-electron chi connectivity index (χ1n) is 9.45. The van der Waals surface area contributed by atoms with Crippen LogP contribution in [-0.4, -0.2) is 74.2 Å². The molecular formula is C19H27F3N4O. The van der Waals surface area contributed by atoms with Crippen LogP contribution in [0.1, 0.15) is 12.0 Å². The van der Waals surface area contributed by atoms with E-state index in [-0.39, 0.29) is 26.1 Å². The molecule has 1 aromatic carbocycles. The summed E-state index contributed by atoms with van der Waals surface area (Å²) in [7, 11) is 0. The van der Waals surface area contributed by atoms with E-state index in [0.29, 0.717) is 13.1 Å². The highest BCUT2D eigenvalue weighted by Crippen LogP contribution is 2.46. The average molecular weight is 384 g/mol. The summed E-state index contributed by atoms with van der Waals surface area (Å²) >= 11 is 0. The normalized spacial score (nSPS) is 24.9. The number of alkyl halides is 3. The van der Waals surface area contributed by atoms with Crippen molar-refractivity contribution in [3.8, 4) is 0 Å². The first-order chi connectivity index (χ1) is 12.9. The summed E-state index contributed by atoms with van der Waals surface area (Å²) in [5, 5.41) is 5.78. The molecule has 2 fully saturated rings. The van der Waals surface area contributed by atoms with Crippen LogP contribution in [0.2, 0.25) is 0 Å². The summed E-state index contributed by atoms with van der Waals surface area (Å²) in [5.41, 5.74) is -1.36. The smallest absolute Gasteiger partial charge is 0.354 e. The minimum Gasteiger partial charge on any atom is -0.354 e. The van der Waals surface area contributed by atoms with Gasteiger partial charge in [0, 0.05) is 52.4 Å². The maximum absolute atomic E-state index is 13.9. The number of carbonyl (C=O) groups excluding carboxylic acids is 1. The Morgan fingerprint density at radius 3 is 2.48 bits per heavy atom. The van der Waals surface area contributed by atoms with Crippen molar-refractivity contribution in [2.24, 2.45) is 5.41 Å². The van der Waals surface area contributed by atoms with E-state index in [1.807, 2.05) is 30.3 Å². The van der Waals surface area contributed by atoms with Gasteiger partial charge in [-0.05, 0) is 18.5 Å². The number of hydrogen-bond acceptors (Lipinski definition) is 4. The lowest BCUT2D eigenvalue weighted by Gasteiger charge is -2.31. The van der Waals surface area contributed by atoms with Gasteiger partial charge in [-0.3, -0.25) is 14.6 Å². The van der Waals surface area contributed by atoms with Gasteiger partial charge >= 0.3 is 6.18 Å². The molecule has 3 rings (SSSR count). The van der Waals surface area contributed by atoms with Crippen LogP contribution in [0.15, 0.2) is 30.3 Å². The number of amides is 1. The zero-order valence-corrected chi connectivity index (χ0v) is 15.4. The molecule has 2 heterocycles. The zero-order chi connectivity index (χ0) is 19.3. The summed E-state index contributed by atoms with van der Waals surface area (Å²) in [6.45, 7) is 4.67. The van der Waals surface area contributed by atoms with E-state index < -0.39 is 17.5 Å². The quantitative estimate of drug-likeness (QED) is 0.780. The van der Waals surface area contributed by atoms with Gasteiger partial charge in [0.1, 0.15) is 0 Å². The molecule has 2 saturated heterocycles. The van der Waals surface area contributed by atoms with Gasteiger partial charge in [0.05, 0.1) is 0 Å². The minimum atomic E-state index is -4.56. The van der Waals surface area contributed by atoms with E-state index in [4.69, 9.17) is 0 Å². The molecule has 0 spiro atoms. The fraction of sp³-hybridized carbons (Fsp3) is 0.632. The minimum absolute atomic E-state index is 0.192. The van der Waals surface area contributed by atoms with Gasteiger partial charge < -0.3 is 10.6 Å². The molecule has 0 aromatic heterocycles. The third-order valence-corrected chi connectivity index (χ3v) is 5.50. The Morgan fingerprint density at radius 1 is 1.11 bits per heavy atom. The number of nitrogens with one attached hydrogen (secondary N) is 2. The standard InChI is InChI=1S/C19H27F3N4O/c20-19(21,22)18(17(27)24-9-13-25-11-7-23-8-12-25)6-10-26(15-18)14-16-4-2-1-3-5-16/h1-5,23H,6-15H2,(H,24,27). The molecule has 8 heteroatoms. The second-order valence-corrected chi connectivity index (χ2v) is 7.37. The monoisotopic (exact) mass is 384 g/mol. The SMILES string of the molecule is O=C(NCCN1CCNCC1)C1(C(F)(F)F)CCN(Cc2ccccc2)C1. The molecule has 2 aliphatic heterocycles. The Kier molecular flexibility index (Phi) is 6.39. The van der Waals surface area contributed by atoms with Crippen molar-refractivity contribution in [3.63, 3.8) is 0 Å². The second-order valence-electron chi connectivity index (χ2n) is 7.37. The molecular weight excluding hydrogens is 357 g/mol. The van der Waals surface area contributed by atoms with Crippen molar-refractivity contribution in [3.05, 3.63) is 35.9 Å². The number of hydrogen-bond donors (Lipinski definition) is 2. The highest BCUT2D eigenvalue weighted by atomic mass is 19.4. The molecule has 2 N–H and O–H groups in total. The van der Waals surface area contributed by atoms with Gasteiger partial charge in [-0.2, -0.15) is 13.2 Å². The average Bonchev–Trinajstić information content (AvgIpc) is 3.09. The molecule has 1 unspecified atom stereocenters. The van der Waals surface area contributed by atoms with Gasteiger partial charge in [0.15, 0.2) is 5.41 Å². The van der Waals surface area contributed by atoms with Crippen molar-refractivity contribution < 1.29 is 18.0 Å². The van der Waals surface area contributed by atoms with Crippen molar-refractivity contribution in [1.82, 2.24) is 20.4 Å². The summed E-state index contributed by atoms with van der Waals surface area (Å²) < 4.78 is 41.6. The molecule has 1 atom stereocenters. The van der Waals surface area contributed by atoms with Crippen LogP contribution >= 0.6 is 0 Å². The summed E-state index contributed by atoms with van der Waals surface area (Å²) in [6, 6.07) is 9.39. The lowest BCUT2D eigenvalue weighted by atomic mass is 9.85. The van der Waals surface area contributed by atoms with Gasteiger partial charge in [0.25, 0.3) is 0 Å². The van der Waals surface area contributed by atoms with Gasteiger partial charge in [0.2, 0.25) is 5.91 Å². The van der Waals surface area contributed by atoms with Crippen molar-refractivity contribution in [1.29, 1.82) is 0 Å². The Morgan fingerprint density at radius 2 is 1.81 bits per heavy atom. The molecule has 150 valence electrons. The topological polar surface area (TPSA) is 47.6 Å². The molecule has 1 aromatic rings. The molecule has 0 aliphatic carbocycles. The van der Waals surface area contributed by atoms with E-state index in [1.54, 1.807) is 4.90 Å². The van der Waals surface area contributed by atoms with E-state index in [2.05, 4.69) is 15.5 Å². The molecule has 1 amide bonds. The number of benzene rings is 1. The van der Waals surface area contributed by atoms with Crippen LogP contribution in [0.4, 0.5) is 13.2 Å². The number of rotatable bonds is 6. The summed E-state index contributed by atoms with van der Waals surface area (Å²) in [6.07, 6.45) is -4.75. The molecule has 5 nitrogen and oxygen atoms in total.